The van der Waals surface area contributed by atoms with Crippen molar-refractivity contribution in [3.63, 3.8) is 0 Å². The Labute approximate surface area is 127 Å². The molecule has 1 unspecified atom stereocenters. The van der Waals surface area contributed by atoms with Crippen LogP contribution in [0.1, 0.15) is 26.2 Å². The Kier molecular flexibility index (Phi) is 3.80. The van der Waals surface area contributed by atoms with Gasteiger partial charge in [0.2, 0.25) is 5.91 Å². The minimum atomic E-state index is -0.0630. The molecule has 112 valence electrons. The summed E-state index contributed by atoms with van der Waals surface area (Å²) in [5.41, 5.74) is -0.0630. The summed E-state index contributed by atoms with van der Waals surface area (Å²) in [7, 11) is 1.86. The minimum Gasteiger partial charge on any atom is -0.343 e. The number of amides is 1. The molecule has 0 aliphatic heterocycles. The molecule has 2 aromatic rings. The largest absolute Gasteiger partial charge is 0.343 e. The molecule has 1 amide bonds. The molecule has 6 heteroatoms. The summed E-state index contributed by atoms with van der Waals surface area (Å²) >= 11 is 1.45. The third-order valence-corrected chi connectivity index (χ3v) is 5.15. The van der Waals surface area contributed by atoms with E-state index < -0.39 is 0 Å². The van der Waals surface area contributed by atoms with E-state index in [1.54, 1.807) is 12.4 Å². The van der Waals surface area contributed by atoms with E-state index in [1.807, 2.05) is 17.3 Å². The molecular weight excluding hydrogens is 286 g/mol. The quantitative estimate of drug-likeness (QED) is 0.850. The summed E-state index contributed by atoms with van der Waals surface area (Å²) in [6.45, 7) is 2.49. The van der Waals surface area contributed by atoms with Gasteiger partial charge in [-0.2, -0.15) is 0 Å². The fourth-order valence-corrected chi connectivity index (χ4v) is 3.29. The molecule has 1 aliphatic rings. The summed E-state index contributed by atoms with van der Waals surface area (Å²) < 4.78 is 1.53. The van der Waals surface area contributed by atoms with Gasteiger partial charge in [0.15, 0.2) is 0 Å². The molecule has 3 rings (SSSR count). The lowest BCUT2D eigenvalue weighted by Crippen LogP contribution is -2.37. The lowest BCUT2D eigenvalue weighted by atomic mass is 10.2. The first-order valence-corrected chi connectivity index (χ1v) is 8.14. The van der Waals surface area contributed by atoms with Crippen molar-refractivity contribution in [2.24, 2.45) is 5.92 Å². The average molecular weight is 305 g/mol. The van der Waals surface area contributed by atoms with Gasteiger partial charge in [-0.05, 0) is 37.1 Å². The van der Waals surface area contributed by atoms with Gasteiger partial charge in [-0.15, -0.1) is 11.3 Å². The normalized spacial score (nSPS) is 16.1. The van der Waals surface area contributed by atoms with Gasteiger partial charge in [0, 0.05) is 26.1 Å². The number of carbonyl (C=O) groups is 1. The average Bonchev–Trinajstić information content (AvgIpc) is 3.22. The Bertz CT molecular complexity index is 717. The molecular formula is C15H19N3O2S. The van der Waals surface area contributed by atoms with Crippen LogP contribution in [0.4, 0.5) is 0 Å². The maximum atomic E-state index is 12.2. The lowest BCUT2D eigenvalue weighted by Gasteiger charge is -2.25. The molecule has 0 bridgehead atoms. The first-order chi connectivity index (χ1) is 10.1. The smallest absolute Gasteiger partial charge is 0.262 e. The van der Waals surface area contributed by atoms with Crippen LogP contribution in [0.25, 0.3) is 10.2 Å². The predicted molar refractivity (Wildman–Crippen MR) is 83.5 cm³/mol. The van der Waals surface area contributed by atoms with E-state index in [9.17, 15) is 9.59 Å². The highest BCUT2D eigenvalue weighted by Crippen LogP contribution is 2.34. The Morgan fingerprint density at radius 3 is 3.05 bits per heavy atom. The molecule has 1 fully saturated rings. The number of carbonyl (C=O) groups excluding carboxylic acids is 1. The van der Waals surface area contributed by atoms with Gasteiger partial charge >= 0.3 is 0 Å². The van der Waals surface area contributed by atoms with Crippen LogP contribution < -0.4 is 5.56 Å². The van der Waals surface area contributed by atoms with Crippen molar-refractivity contribution in [3.05, 3.63) is 28.1 Å². The molecule has 0 aromatic carbocycles. The zero-order valence-corrected chi connectivity index (χ0v) is 13.1. The monoisotopic (exact) mass is 305 g/mol. The van der Waals surface area contributed by atoms with Crippen molar-refractivity contribution >= 4 is 27.5 Å². The standard InChI is InChI=1S/C15H19N3O2S/c1-10(11-3-4-11)17(2)13(19)5-7-18-9-16-14-12(15(18)20)6-8-21-14/h6,8-11H,3-5,7H2,1-2H3. The lowest BCUT2D eigenvalue weighted by molar-refractivity contribution is -0.132. The van der Waals surface area contributed by atoms with Crippen LogP contribution in [0.5, 0.6) is 0 Å². The van der Waals surface area contributed by atoms with Gasteiger partial charge in [0.25, 0.3) is 5.56 Å². The maximum Gasteiger partial charge on any atom is 0.262 e. The number of fused-ring (bicyclic) bond motifs is 1. The summed E-state index contributed by atoms with van der Waals surface area (Å²) in [5, 5.41) is 2.49. The second kappa shape index (κ2) is 5.60. The highest BCUT2D eigenvalue weighted by atomic mass is 32.1. The third-order valence-electron chi connectivity index (χ3n) is 4.33. The van der Waals surface area contributed by atoms with Crippen molar-refractivity contribution in [2.45, 2.75) is 38.8 Å². The molecule has 2 heterocycles. The van der Waals surface area contributed by atoms with E-state index >= 15 is 0 Å². The van der Waals surface area contributed by atoms with Gasteiger partial charge < -0.3 is 4.90 Å². The van der Waals surface area contributed by atoms with E-state index in [4.69, 9.17) is 0 Å². The summed E-state index contributed by atoms with van der Waals surface area (Å²) in [5.74, 6) is 0.747. The molecule has 21 heavy (non-hydrogen) atoms. The van der Waals surface area contributed by atoms with Gasteiger partial charge in [0.05, 0.1) is 11.7 Å². The molecule has 0 spiro atoms. The van der Waals surface area contributed by atoms with Crippen molar-refractivity contribution in [1.29, 1.82) is 0 Å². The summed E-state index contributed by atoms with van der Waals surface area (Å²) in [6, 6.07) is 2.08. The molecule has 0 radical (unpaired) electrons. The molecule has 0 saturated heterocycles. The first-order valence-electron chi connectivity index (χ1n) is 7.26. The van der Waals surface area contributed by atoms with Crippen LogP contribution in [0.15, 0.2) is 22.6 Å². The van der Waals surface area contributed by atoms with Crippen LogP contribution in [0, 0.1) is 5.92 Å². The second-order valence-corrected chi connectivity index (χ2v) is 6.61. The van der Waals surface area contributed by atoms with Gasteiger partial charge in [-0.3, -0.25) is 14.2 Å². The van der Waals surface area contributed by atoms with Crippen molar-refractivity contribution in [3.8, 4) is 0 Å². The molecule has 2 aromatic heterocycles. The van der Waals surface area contributed by atoms with Gasteiger partial charge in [0.1, 0.15) is 4.83 Å². The number of aromatic nitrogens is 2. The Morgan fingerprint density at radius 2 is 2.33 bits per heavy atom. The number of hydrogen-bond donors (Lipinski definition) is 0. The fraction of sp³-hybridized carbons (Fsp3) is 0.533. The van der Waals surface area contributed by atoms with Crippen molar-refractivity contribution in [2.75, 3.05) is 7.05 Å². The van der Waals surface area contributed by atoms with E-state index in [1.165, 1.54) is 28.7 Å². The van der Waals surface area contributed by atoms with Crippen LogP contribution in [-0.2, 0) is 11.3 Å². The maximum absolute atomic E-state index is 12.2. The number of hydrogen-bond acceptors (Lipinski definition) is 4. The first kappa shape index (κ1) is 14.3. The predicted octanol–water partition coefficient (Wildman–Crippen LogP) is 2.10. The highest BCUT2D eigenvalue weighted by Gasteiger charge is 2.32. The molecule has 1 atom stereocenters. The van der Waals surface area contributed by atoms with Crippen molar-refractivity contribution in [1.82, 2.24) is 14.5 Å². The SMILES string of the molecule is CC(C1CC1)N(C)C(=O)CCn1cnc2sccc2c1=O. The van der Waals surface area contributed by atoms with Gasteiger partial charge in [-0.25, -0.2) is 4.98 Å². The minimum absolute atomic E-state index is 0.0630. The van der Waals surface area contributed by atoms with Crippen LogP contribution >= 0.6 is 11.3 Å². The Hall–Kier alpha value is -1.69. The number of rotatable bonds is 5. The highest BCUT2D eigenvalue weighted by molar-refractivity contribution is 7.16. The van der Waals surface area contributed by atoms with E-state index in [0.29, 0.717) is 30.3 Å². The Morgan fingerprint density at radius 1 is 1.57 bits per heavy atom. The zero-order chi connectivity index (χ0) is 15.0. The van der Waals surface area contributed by atoms with Crippen molar-refractivity contribution < 1.29 is 4.79 Å². The number of nitrogens with zero attached hydrogens (tertiary/aromatic N) is 3. The molecule has 1 aliphatic carbocycles. The van der Waals surface area contributed by atoms with Crippen LogP contribution in [0.3, 0.4) is 0 Å². The van der Waals surface area contributed by atoms with E-state index in [-0.39, 0.29) is 11.5 Å². The van der Waals surface area contributed by atoms with E-state index in [2.05, 4.69) is 11.9 Å². The van der Waals surface area contributed by atoms with Crippen LogP contribution in [-0.4, -0.2) is 33.4 Å². The fourth-order valence-electron chi connectivity index (χ4n) is 2.57. The van der Waals surface area contributed by atoms with Gasteiger partial charge in [-0.1, -0.05) is 0 Å². The molecule has 5 nitrogen and oxygen atoms in total. The van der Waals surface area contributed by atoms with E-state index in [0.717, 1.165) is 4.83 Å². The van der Waals surface area contributed by atoms with Crippen LogP contribution in [0.2, 0.25) is 0 Å². The summed E-state index contributed by atoms with van der Waals surface area (Å²) in [6.07, 6.45) is 4.32. The summed E-state index contributed by atoms with van der Waals surface area (Å²) in [4.78, 5) is 31.3. The molecule has 0 N–H and O–H groups in total. The second-order valence-electron chi connectivity index (χ2n) is 5.72. The number of thiophene rings is 1. The number of aryl methyl sites for hydroxylation is 1. The third kappa shape index (κ3) is 2.85. The molecule has 1 saturated carbocycles. The topological polar surface area (TPSA) is 55.2 Å². The Balaban J connectivity index is 1.67. The zero-order valence-electron chi connectivity index (χ0n) is 12.3.